The van der Waals surface area contributed by atoms with Gasteiger partial charge in [0.1, 0.15) is 0 Å². The van der Waals surface area contributed by atoms with Crippen LogP contribution in [0.2, 0.25) is 5.02 Å². The third kappa shape index (κ3) is 7.67. The molecular weight excluding hydrogens is 308 g/mol. The predicted molar refractivity (Wildman–Crippen MR) is 96.8 cm³/mol. The molecule has 1 aromatic rings. The number of allylic oxidation sites excluding steroid dienone is 1. The van der Waals surface area contributed by atoms with Crippen LogP contribution >= 0.6 is 11.6 Å². The Kier molecular flexibility index (Phi) is 8.19. The topological polar surface area (TPSA) is 41.1 Å². The van der Waals surface area contributed by atoms with E-state index in [2.05, 4.69) is 16.7 Å². The second-order valence-electron chi connectivity index (χ2n) is 6.09. The highest BCUT2D eigenvalue weighted by Crippen LogP contribution is 2.19. The molecule has 126 valence electrons. The first kappa shape index (κ1) is 18.0. The van der Waals surface area contributed by atoms with E-state index in [1.54, 1.807) is 5.57 Å². The molecule has 0 aliphatic heterocycles. The number of carbonyl (C=O) groups is 1. The highest BCUT2D eigenvalue weighted by atomic mass is 35.5. The highest BCUT2D eigenvalue weighted by Gasteiger charge is 2.04. The summed E-state index contributed by atoms with van der Waals surface area (Å²) in [5.74, 6) is 0.108. The van der Waals surface area contributed by atoms with Crippen LogP contribution in [0.25, 0.3) is 0 Å². The SMILES string of the molecule is O=C(CCNCCC1=CCCCC1)NCCc1cccc(Cl)c1. The van der Waals surface area contributed by atoms with Crippen LogP contribution in [0.3, 0.4) is 0 Å². The Morgan fingerprint density at radius 3 is 2.83 bits per heavy atom. The van der Waals surface area contributed by atoms with Crippen LogP contribution in [0.15, 0.2) is 35.9 Å². The molecule has 0 bridgehead atoms. The first-order valence-electron chi connectivity index (χ1n) is 8.64. The fourth-order valence-electron chi connectivity index (χ4n) is 2.83. The van der Waals surface area contributed by atoms with Crippen LogP contribution in [0, 0.1) is 0 Å². The number of hydrogen-bond acceptors (Lipinski definition) is 2. The van der Waals surface area contributed by atoms with Crippen LogP contribution in [0.4, 0.5) is 0 Å². The molecule has 23 heavy (non-hydrogen) atoms. The van der Waals surface area contributed by atoms with Gasteiger partial charge in [-0.25, -0.2) is 0 Å². The maximum atomic E-state index is 11.8. The summed E-state index contributed by atoms with van der Waals surface area (Å²) in [6.07, 6.45) is 10.0. The summed E-state index contributed by atoms with van der Waals surface area (Å²) >= 11 is 5.94. The van der Waals surface area contributed by atoms with E-state index in [0.29, 0.717) is 13.0 Å². The second-order valence-corrected chi connectivity index (χ2v) is 6.52. The van der Waals surface area contributed by atoms with Crippen LogP contribution in [-0.2, 0) is 11.2 Å². The molecule has 3 nitrogen and oxygen atoms in total. The summed E-state index contributed by atoms with van der Waals surface area (Å²) in [4.78, 5) is 11.8. The van der Waals surface area contributed by atoms with Gasteiger partial charge in [-0.05, 0) is 62.8 Å². The fraction of sp³-hybridized carbons (Fsp3) is 0.526. The van der Waals surface area contributed by atoms with Crippen LogP contribution in [0.1, 0.15) is 44.1 Å². The molecule has 0 spiro atoms. The number of amides is 1. The summed E-state index contributed by atoms with van der Waals surface area (Å²) in [7, 11) is 0. The summed E-state index contributed by atoms with van der Waals surface area (Å²) in [6.45, 7) is 2.38. The molecule has 4 heteroatoms. The van der Waals surface area contributed by atoms with Gasteiger partial charge in [-0.2, -0.15) is 0 Å². The minimum atomic E-state index is 0.108. The van der Waals surface area contributed by atoms with Crippen molar-refractivity contribution in [3.63, 3.8) is 0 Å². The molecule has 1 aliphatic carbocycles. The van der Waals surface area contributed by atoms with Gasteiger partial charge in [0.05, 0.1) is 0 Å². The second kappa shape index (κ2) is 10.5. The third-order valence-electron chi connectivity index (χ3n) is 4.16. The molecular formula is C19H27ClN2O. The van der Waals surface area contributed by atoms with Gasteiger partial charge in [-0.3, -0.25) is 4.79 Å². The Morgan fingerprint density at radius 1 is 1.13 bits per heavy atom. The minimum absolute atomic E-state index is 0.108. The summed E-state index contributed by atoms with van der Waals surface area (Å²) in [5.41, 5.74) is 2.73. The Hall–Kier alpha value is -1.32. The van der Waals surface area contributed by atoms with Crippen molar-refractivity contribution in [2.75, 3.05) is 19.6 Å². The lowest BCUT2D eigenvalue weighted by atomic mass is 9.97. The van der Waals surface area contributed by atoms with E-state index in [4.69, 9.17) is 11.6 Å². The van der Waals surface area contributed by atoms with E-state index in [1.165, 1.54) is 25.7 Å². The van der Waals surface area contributed by atoms with Gasteiger partial charge in [0.25, 0.3) is 0 Å². The summed E-state index contributed by atoms with van der Waals surface area (Å²) in [6, 6.07) is 7.76. The first-order valence-corrected chi connectivity index (χ1v) is 9.01. The summed E-state index contributed by atoms with van der Waals surface area (Å²) < 4.78 is 0. The van der Waals surface area contributed by atoms with Crippen LogP contribution < -0.4 is 10.6 Å². The average molecular weight is 335 g/mol. The number of carbonyl (C=O) groups excluding carboxylic acids is 1. The molecule has 2 N–H and O–H groups in total. The standard InChI is InChI=1S/C19H27ClN2O/c20-18-8-4-7-17(15-18)10-14-22-19(23)11-13-21-12-9-16-5-2-1-3-6-16/h4-5,7-8,15,21H,1-3,6,9-14H2,(H,22,23). The lowest BCUT2D eigenvalue weighted by Gasteiger charge is -2.12. The van der Waals surface area contributed by atoms with E-state index < -0.39 is 0 Å². The molecule has 0 unspecified atom stereocenters. The average Bonchev–Trinajstić information content (AvgIpc) is 2.55. The van der Waals surface area contributed by atoms with Gasteiger partial charge >= 0.3 is 0 Å². The molecule has 1 aromatic carbocycles. The Morgan fingerprint density at radius 2 is 2.04 bits per heavy atom. The van der Waals surface area contributed by atoms with Gasteiger partial charge in [-0.1, -0.05) is 35.4 Å². The van der Waals surface area contributed by atoms with E-state index in [1.807, 2.05) is 24.3 Å². The van der Waals surface area contributed by atoms with Crippen molar-refractivity contribution >= 4 is 17.5 Å². The molecule has 2 rings (SSSR count). The van der Waals surface area contributed by atoms with Crippen molar-refractivity contribution < 1.29 is 4.79 Å². The van der Waals surface area contributed by atoms with Crippen molar-refractivity contribution in [3.8, 4) is 0 Å². The summed E-state index contributed by atoms with van der Waals surface area (Å²) in [5, 5.41) is 7.06. The van der Waals surface area contributed by atoms with Crippen LogP contribution in [0.5, 0.6) is 0 Å². The van der Waals surface area contributed by atoms with Gasteiger partial charge in [0.2, 0.25) is 5.91 Å². The number of halogens is 1. The highest BCUT2D eigenvalue weighted by molar-refractivity contribution is 6.30. The zero-order valence-corrected chi connectivity index (χ0v) is 14.5. The molecule has 1 amide bonds. The number of rotatable bonds is 9. The van der Waals surface area contributed by atoms with E-state index in [-0.39, 0.29) is 5.91 Å². The number of nitrogens with one attached hydrogen (secondary N) is 2. The van der Waals surface area contributed by atoms with Gasteiger partial charge in [0.15, 0.2) is 0 Å². The monoisotopic (exact) mass is 334 g/mol. The van der Waals surface area contributed by atoms with Gasteiger partial charge in [-0.15, -0.1) is 0 Å². The molecule has 0 aromatic heterocycles. The van der Waals surface area contributed by atoms with Crippen molar-refractivity contribution in [3.05, 3.63) is 46.5 Å². The van der Waals surface area contributed by atoms with E-state index in [0.717, 1.165) is 36.5 Å². The number of benzene rings is 1. The minimum Gasteiger partial charge on any atom is -0.356 e. The van der Waals surface area contributed by atoms with Crippen molar-refractivity contribution in [2.45, 2.75) is 44.9 Å². The maximum Gasteiger partial charge on any atom is 0.221 e. The van der Waals surface area contributed by atoms with Gasteiger partial charge in [0, 0.05) is 24.5 Å². The van der Waals surface area contributed by atoms with Crippen molar-refractivity contribution in [2.24, 2.45) is 0 Å². The molecule has 0 radical (unpaired) electrons. The zero-order chi connectivity index (χ0) is 16.3. The largest absolute Gasteiger partial charge is 0.356 e. The van der Waals surface area contributed by atoms with E-state index >= 15 is 0 Å². The smallest absolute Gasteiger partial charge is 0.221 e. The maximum absolute atomic E-state index is 11.8. The molecule has 1 aliphatic rings. The van der Waals surface area contributed by atoms with Crippen molar-refractivity contribution in [1.82, 2.24) is 10.6 Å². The Balaban J connectivity index is 1.49. The Bertz CT molecular complexity index is 528. The lowest BCUT2D eigenvalue weighted by Crippen LogP contribution is -2.29. The normalized spacial score (nSPS) is 14.4. The van der Waals surface area contributed by atoms with Crippen molar-refractivity contribution in [1.29, 1.82) is 0 Å². The third-order valence-corrected chi connectivity index (χ3v) is 4.40. The first-order chi connectivity index (χ1) is 11.2. The molecule has 0 saturated heterocycles. The number of hydrogen-bond donors (Lipinski definition) is 2. The van der Waals surface area contributed by atoms with Gasteiger partial charge < -0.3 is 10.6 Å². The lowest BCUT2D eigenvalue weighted by molar-refractivity contribution is -0.120. The fourth-order valence-corrected chi connectivity index (χ4v) is 3.05. The zero-order valence-electron chi connectivity index (χ0n) is 13.7. The molecule has 0 atom stereocenters. The Labute approximate surface area is 144 Å². The van der Waals surface area contributed by atoms with Crippen LogP contribution in [-0.4, -0.2) is 25.5 Å². The molecule has 0 saturated carbocycles. The molecule has 0 heterocycles. The molecule has 0 fully saturated rings. The predicted octanol–water partition coefficient (Wildman–Crippen LogP) is 3.87. The quantitative estimate of drug-likeness (QED) is 0.531. The van der Waals surface area contributed by atoms with E-state index in [9.17, 15) is 4.79 Å².